The Bertz CT molecular complexity index is 709. The average Bonchev–Trinajstić information content (AvgIpc) is 2.61. The van der Waals surface area contributed by atoms with Gasteiger partial charge in [0.2, 0.25) is 0 Å². The van der Waals surface area contributed by atoms with Gasteiger partial charge in [0, 0.05) is 24.2 Å². The van der Waals surface area contributed by atoms with E-state index in [4.69, 9.17) is 0 Å². The number of hydrogen-bond acceptors (Lipinski definition) is 2. The molecular formula is C19H19FN2O2. The average molecular weight is 326 g/mol. The van der Waals surface area contributed by atoms with Crippen molar-refractivity contribution in [2.45, 2.75) is 6.42 Å². The Labute approximate surface area is 140 Å². The molecule has 2 rings (SSSR count). The Morgan fingerprint density at radius 2 is 1.46 bits per heavy atom. The van der Waals surface area contributed by atoms with E-state index in [0.717, 1.165) is 5.56 Å². The van der Waals surface area contributed by atoms with Crippen LogP contribution in [0.2, 0.25) is 0 Å². The predicted octanol–water partition coefficient (Wildman–Crippen LogP) is 2.71. The molecule has 0 saturated heterocycles. The fourth-order valence-electron chi connectivity index (χ4n) is 2.11. The van der Waals surface area contributed by atoms with E-state index in [0.29, 0.717) is 30.6 Å². The first-order chi connectivity index (χ1) is 11.6. The van der Waals surface area contributed by atoms with Crippen molar-refractivity contribution >= 4 is 11.8 Å². The van der Waals surface area contributed by atoms with Gasteiger partial charge >= 0.3 is 0 Å². The molecule has 0 heterocycles. The highest BCUT2D eigenvalue weighted by Crippen LogP contribution is 2.06. The molecule has 0 fully saturated rings. The molecule has 0 aromatic heterocycles. The zero-order chi connectivity index (χ0) is 17.4. The van der Waals surface area contributed by atoms with Crippen molar-refractivity contribution in [3.63, 3.8) is 0 Å². The number of halogens is 1. The molecule has 4 nitrogen and oxygen atoms in total. The third-order valence-corrected chi connectivity index (χ3v) is 3.43. The summed E-state index contributed by atoms with van der Waals surface area (Å²) in [5.41, 5.74) is 1.92. The maximum Gasteiger partial charge on any atom is 0.251 e. The van der Waals surface area contributed by atoms with Crippen molar-refractivity contribution in [3.8, 4) is 0 Å². The fourth-order valence-corrected chi connectivity index (χ4v) is 2.11. The summed E-state index contributed by atoms with van der Waals surface area (Å²) in [5.74, 6) is -0.701. The third-order valence-electron chi connectivity index (χ3n) is 3.43. The van der Waals surface area contributed by atoms with E-state index in [2.05, 4.69) is 17.2 Å². The predicted molar refractivity (Wildman–Crippen MR) is 91.4 cm³/mol. The Morgan fingerprint density at radius 1 is 0.917 bits per heavy atom. The SMILES string of the molecule is C=CCNC(=O)c1ccc(C(=O)NCCc2ccc(F)cc2)cc1. The van der Waals surface area contributed by atoms with Crippen molar-refractivity contribution in [2.75, 3.05) is 13.1 Å². The third kappa shape index (κ3) is 5.05. The normalized spacial score (nSPS) is 10.0. The van der Waals surface area contributed by atoms with Crippen molar-refractivity contribution in [1.29, 1.82) is 0 Å². The quantitative estimate of drug-likeness (QED) is 0.769. The van der Waals surface area contributed by atoms with Crippen LogP contribution in [-0.4, -0.2) is 24.9 Å². The van der Waals surface area contributed by atoms with Crippen molar-refractivity contribution < 1.29 is 14.0 Å². The lowest BCUT2D eigenvalue weighted by atomic mass is 10.1. The lowest BCUT2D eigenvalue weighted by Gasteiger charge is -2.07. The van der Waals surface area contributed by atoms with E-state index >= 15 is 0 Å². The maximum absolute atomic E-state index is 12.8. The van der Waals surface area contributed by atoms with E-state index in [1.54, 1.807) is 42.5 Å². The number of amides is 2. The monoisotopic (exact) mass is 326 g/mol. The number of nitrogens with one attached hydrogen (secondary N) is 2. The Balaban J connectivity index is 1.84. The van der Waals surface area contributed by atoms with Gasteiger partial charge in [-0.2, -0.15) is 0 Å². The summed E-state index contributed by atoms with van der Waals surface area (Å²) >= 11 is 0. The van der Waals surface area contributed by atoms with Gasteiger partial charge in [0.1, 0.15) is 5.82 Å². The van der Waals surface area contributed by atoms with Crippen LogP contribution in [0, 0.1) is 5.82 Å². The van der Waals surface area contributed by atoms with Gasteiger partial charge in [-0.1, -0.05) is 18.2 Å². The molecule has 2 aromatic carbocycles. The van der Waals surface area contributed by atoms with E-state index in [-0.39, 0.29) is 17.6 Å². The van der Waals surface area contributed by atoms with Gasteiger partial charge in [0.05, 0.1) is 0 Å². The summed E-state index contributed by atoms with van der Waals surface area (Å²) in [4.78, 5) is 23.8. The zero-order valence-corrected chi connectivity index (χ0v) is 13.2. The molecule has 5 heteroatoms. The van der Waals surface area contributed by atoms with Crippen LogP contribution in [0.3, 0.4) is 0 Å². The highest BCUT2D eigenvalue weighted by atomic mass is 19.1. The summed E-state index contributed by atoms with van der Waals surface area (Å²) in [7, 11) is 0. The minimum Gasteiger partial charge on any atom is -0.352 e. The first-order valence-electron chi connectivity index (χ1n) is 7.62. The highest BCUT2D eigenvalue weighted by Gasteiger charge is 2.08. The molecule has 0 aliphatic carbocycles. The lowest BCUT2D eigenvalue weighted by molar-refractivity contribution is 0.0944. The van der Waals surface area contributed by atoms with Crippen LogP contribution in [0.5, 0.6) is 0 Å². The second-order valence-corrected chi connectivity index (χ2v) is 5.21. The molecule has 2 amide bonds. The maximum atomic E-state index is 12.8. The van der Waals surface area contributed by atoms with E-state index < -0.39 is 0 Å². The van der Waals surface area contributed by atoms with Crippen LogP contribution >= 0.6 is 0 Å². The number of benzene rings is 2. The zero-order valence-electron chi connectivity index (χ0n) is 13.2. The topological polar surface area (TPSA) is 58.2 Å². The number of carbonyl (C=O) groups excluding carboxylic acids is 2. The van der Waals surface area contributed by atoms with Gasteiger partial charge in [-0.05, 0) is 48.4 Å². The molecule has 2 aromatic rings. The molecule has 0 atom stereocenters. The van der Waals surface area contributed by atoms with Crippen LogP contribution in [0.4, 0.5) is 4.39 Å². The molecule has 0 aliphatic rings. The van der Waals surface area contributed by atoms with Crippen LogP contribution in [-0.2, 0) is 6.42 Å². The second kappa shape index (κ2) is 8.62. The largest absolute Gasteiger partial charge is 0.352 e. The first-order valence-corrected chi connectivity index (χ1v) is 7.62. The summed E-state index contributed by atoms with van der Waals surface area (Å²) in [6, 6.07) is 12.6. The lowest BCUT2D eigenvalue weighted by Crippen LogP contribution is -2.26. The molecule has 0 aliphatic heterocycles. The minimum absolute atomic E-state index is 0.210. The molecular weight excluding hydrogens is 307 g/mol. The number of hydrogen-bond donors (Lipinski definition) is 2. The van der Waals surface area contributed by atoms with Gasteiger partial charge in [0.25, 0.3) is 11.8 Å². The highest BCUT2D eigenvalue weighted by molar-refractivity contribution is 5.97. The van der Waals surface area contributed by atoms with Crippen LogP contribution in [0.1, 0.15) is 26.3 Å². The van der Waals surface area contributed by atoms with Crippen LogP contribution in [0.25, 0.3) is 0 Å². The van der Waals surface area contributed by atoms with E-state index in [1.807, 2.05) is 0 Å². The van der Waals surface area contributed by atoms with Gasteiger partial charge < -0.3 is 10.6 Å². The standard InChI is InChI=1S/C19H19FN2O2/c1-2-12-21-18(23)15-5-7-16(8-6-15)19(24)22-13-11-14-3-9-17(20)10-4-14/h2-10H,1,11-13H2,(H,21,23)(H,22,24). The second-order valence-electron chi connectivity index (χ2n) is 5.21. The first kappa shape index (κ1) is 17.4. The molecule has 0 unspecified atom stereocenters. The van der Waals surface area contributed by atoms with E-state index in [9.17, 15) is 14.0 Å². The fraction of sp³-hybridized carbons (Fsp3) is 0.158. The summed E-state index contributed by atoms with van der Waals surface area (Å²) in [6.07, 6.45) is 2.22. The van der Waals surface area contributed by atoms with E-state index in [1.165, 1.54) is 12.1 Å². The molecule has 0 bridgehead atoms. The van der Waals surface area contributed by atoms with Gasteiger partial charge in [-0.3, -0.25) is 9.59 Å². The summed E-state index contributed by atoms with van der Waals surface area (Å²) < 4.78 is 12.8. The molecule has 2 N–H and O–H groups in total. The molecule has 0 spiro atoms. The van der Waals surface area contributed by atoms with Gasteiger partial charge in [0.15, 0.2) is 0 Å². The number of carbonyl (C=O) groups is 2. The van der Waals surface area contributed by atoms with Crippen LogP contribution < -0.4 is 10.6 Å². The summed E-state index contributed by atoms with van der Waals surface area (Å²) in [5, 5.41) is 5.47. The smallest absolute Gasteiger partial charge is 0.251 e. The minimum atomic E-state index is -0.278. The van der Waals surface area contributed by atoms with Crippen LogP contribution in [0.15, 0.2) is 61.2 Å². The van der Waals surface area contributed by atoms with Gasteiger partial charge in [-0.15, -0.1) is 6.58 Å². The van der Waals surface area contributed by atoms with Gasteiger partial charge in [-0.25, -0.2) is 4.39 Å². The van der Waals surface area contributed by atoms with Crippen molar-refractivity contribution in [1.82, 2.24) is 10.6 Å². The molecule has 124 valence electrons. The van der Waals surface area contributed by atoms with Crippen molar-refractivity contribution in [2.24, 2.45) is 0 Å². The molecule has 0 saturated carbocycles. The summed E-state index contributed by atoms with van der Waals surface area (Å²) in [6.45, 7) is 4.38. The Morgan fingerprint density at radius 3 is 2.00 bits per heavy atom. The Kier molecular flexibility index (Phi) is 6.25. The Hall–Kier alpha value is -2.95. The number of rotatable bonds is 7. The molecule has 24 heavy (non-hydrogen) atoms. The van der Waals surface area contributed by atoms with Crippen molar-refractivity contribution in [3.05, 3.63) is 83.7 Å². The molecule has 0 radical (unpaired) electrons.